The second-order valence-electron chi connectivity index (χ2n) is 4.11. The first kappa shape index (κ1) is 14.1. The zero-order valence-corrected chi connectivity index (χ0v) is 11.4. The van der Waals surface area contributed by atoms with Gasteiger partial charge in [0, 0.05) is 15.9 Å². The predicted molar refractivity (Wildman–Crippen MR) is 75.4 cm³/mol. The first-order valence-electron chi connectivity index (χ1n) is 5.74. The van der Waals surface area contributed by atoms with Crippen LogP contribution in [0.15, 0.2) is 52.3 Å². The van der Waals surface area contributed by atoms with E-state index in [1.807, 2.05) is 31.2 Å². The predicted octanol–water partition coefficient (Wildman–Crippen LogP) is 3.75. The molecule has 6 heteroatoms. The van der Waals surface area contributed by atoms with E-state index in [4.69, 9.17) is 5.11 Å². The largest absolute Gasteiger partial charge is 0.477 e. The molecule has 0 radical (unpaired) electrons. The number of aromatic carboxylic acids is 1. The summed E-state index contributed by atoms with van der Waals surface area (Å²) in [5.74, 6) is -1.30. The smallest absolute Gasteiger partial charge is 0.342 e. The van der Waals surface area contributed by atoms with Gasteiger partial charge < -0.3 is 5.11 Å². The number of nitro benzene ring substituents is 1. The minimum absolute atomic E-state index is 0.302. The Morgan fingerprint density at radius 2 is 1.95 bits per heavy atom. The van der Waals surface area contributed by atoms with Crippen LogP contribution in [0.1, 0.15) is 15.9 Å². The maximum Gasteiger partial charge on any atom is 0.342 e. The minimum Gasteiger partial charge on any atom is -0.477 e. The molecule has 1 N–H and O–H groups in total. The van der Waals surface area contributed by atoms with Crippen LogP contribution in [0.3, 0.4) is 0 Å². The summed E-state index contributed by atoms with van der Waals surface area (Å²) in [7, 11) is 0. The van der Waals surface area contributed by atoms with Gasteiger partial charge in [0.05, 0.1) is 4.92 Å². The van der Waals surface area contributed by atoms with Gasteiger partial charge in [-0.05, 0) is 30.7 Å². The summed E-state index contributed by atoms with van der Waals surface area (Å²) in [5.41, 5.74) is 0.364. The van der Waals surface area contributed by atoms with Crippen LogP contribution in [0.4, 0.5) is 5.69 Å². The molecule has 20 heavy (non-hydrogen) atoms. The number of nitrogens with zero attached hydrogens (tertiary/aromatic N) is 1. The number of nitro groups is 1. The van der Waals surface area contributed by atoms with Gasteiger partial charge in [-0.1, -0.05) is 30.0 Å². The van der Waals surface area contributed by atoms with E-state index >= 15 is 0 Å². The van der Waals surface area contributed by atoms with Gasteiger partial charge in [-0.25, -0.2) is 4.79 Å². The molecule has 0 saturated heterocycles. The molecule has 2 aromatic carbocycles. The molecule has 0 bridgehead atoms. The van der Waals surface area contributed by atoms with E-state index in [0.717, 1.165) is 10.5 Å². The molecule has 0 unspecified atom stereocenters. The van der Waals surface area contributed by atoms with Crippen LogP contribution in [0.25, 0.3) is 0 Å². The minimum atomic E-state index is -1.30. The van der Waals surface area contributed by atoms with Crippen molar-refractivity contribution in [2.45, 2.75) is 16.7 Å². The molecule has 0 amide bonds. The zero-order chi connectivity index (χ0) is 14.7. The van der Waals surface area contributed by atoms with E-state index in [1.54, 1.807) is 6.07 Å². The Bertz CT molecular complexity index is 685. The van der Waals surface area contributed by atoms with Crippen molar-refractivity contribution in [2.24, 2.45) is 0 Å². The fraction of sp³-hybridized carbons (Fsp3) is 0.0714. The molecule has 0 fully saturated rings. The van der Waals surface area contributed by atoms with Gasteiger partial charge in [0.2, 0.25) is 0 Å². The molecule has 2 rings (SSSR count). The molecule has 0 saturated carbocycles. The van der Waals surface area contributed by atoms with E-state index in [1.165, 1.54) is 23.9 Å². The number of rotatable bonds is 4. The van der Waals surface area contributed by atoms with Gasteiger partial charge >= 0.3 is 5.97 Å². The van der Waals surface area contributed by atoms with E-state index in [2.05, 4.69) is 0 Å². The average molecular weight is 289 g/mol. The lowest BCUT2D eigenvalue weighted by atomic mass is 10.2. The van der Waals surface area contributed by atoms with Gasteiger partial charge in [0.1, 0.15) is 5.56 Å². The summed E-state index contributed by atoms with van der Waals surface area (Å²) in [6.45, 7) is 1.95. The van der Waals surface area contributed by atoms with Crippen LogP contribution < -0.4 is 0 Å². The number of benzene rings is 2. The van der Waals surface area contributed by atoms with Crippen LogP contribution in [0.2, 0.25) is 0 Å². The molecule has 102 valence electrons. The SMILES string of the molecule is Cc1ccccc1Sc1ccc(C(=O)O)c([N+](=O)[O-])c1. The van der Waals surface area contributed by atoms with Gasteiger partial charge in [-0.3, -0.25) is 10.1 Å². The second kappa shape index (κ2) is 5.75. The Morgan fingerprint density at radius 3 is 2.55 bits per heavy atom. The Morgan fingerprint density at radius 1 is 1.25 bits per heavy atom. The molecule has 0 aliphatic carbocycles. The van der Waals surface area contributed by atoms with Gasteiger partial charge in [0.15, 0.2) is 0 Å². The van der Waals surface area contributed by atoms with Crippen LogP contribution >= 0.6 is 11.8 Å². The molecular formula is C14H11NO4S. The molecule has 0 aromatic heterocycles. The highest BCUT2D eigenvalue weighted by Gasteiger charge is 2.20. The first-order chi connectivity index (χ1) is 9.49. The lowest BCUT2D eigenvalue weighted by Gasteiger charge is -2.06. The highest BCUT2D eigenvalue weighted by molar-refractivity contribution is 7.99. The average Bonchev–Trinajstić information content (AvgIpc) is 2.41. The molecular weight excluding hydrogens is 278 g/mol. The van der Waals surface area contributed by atoms with Crippen molar-refractivity contribution < 1.29 is 14.8 Å². The van der Waals surface area contributed by atoms with Crippen molar-refractivity contribution in [2.75, 3.05) is 0 Å². The molecule has 0 spiro atoms. The van der Waals surface area contributed by atoms with E-state index < -0.39 is 16.6 Å². The van der Waals surface area contributed by atoms with Crippen molar-refractivity contribution in [3.63, 3.8) is 0 Å². The van der Waals surface area contributed by atoms with E-state index in [9.17, 15) is 14.9 Å². The van der Waals surface area contributed by atoms with Crippen LogP contribution in [-0.2, 0) is 0 Å². The summed E-state index contributed by atoms with van der Waals surface area (Å²) >= 11 is 1.37. The Balaban J connectivity index is 2.40. The first-order valence-corrected chi connectivity index (χ1v) is 6.56. The normalized spacial score (nSPS) is 10.2. The number of carbonyl (C=O) groups is 1. The Labute approximate surface area is 119 Å². The molecule has 2 aromatic rings. The van der Waals surface area contributed by atoms with Gasteiger partial charge in [-0.15, -0.1) is 0 Å². The quantitative estimate of drug-likeness (QED) is 0.684. The summed E-state index contributed by atoms with van der Waals surface area (Å²) < 4.78 is 0. The van der Waals surface area contributed by atoms with Crippen molar-refractivity contribution in [3.8, 4) is 0 Å². The second-order valence-corrected chi connectivity index (χ2v) is 5.22. The van der Waals surface area contributed by atoms with Crippen molar-refractivity contribution in [3.05, 3.63) is 63.7 Å². The number of carboxylic acids is 1. The Hall–Kier alpha value is -2.34. The van der Waals surface area contributed by atoms with Crippen LogP contribution in [-0.4, -0.2) is 16.0 Å². The maximum absolute atomic E-state index is 10.9. The van der Waals surface area contributed by atoms with Crippen molar-refractivity contribution in [1.82, 2.24) is 0 Å². The third kappa shape index (κ3) is 2.97. The molecule has 0 aliphatic rings. The fourth-order valence-corrected chi connectivity index (χ4v) is 2.64. The topological polar surface area (TPSA) is 80.4 Å². The van der Waals surface area contributed by atoms with Crippen molar-refractivity contribution in [1.29, 1.82) is 0 Å². The number of hydrogen-bond donors (Lipinski definition) is 1. The third-order valence-corrected chi connectivity index (χ3v) is 3.89. The summed E-state index contributed by atoms with van der Waals surface area (Å²) in [4.78, 5) is 22.8. The van der Waals surface area contributed by atoms with E-state index in [0.29, 0.717) is 4.90 Å². The maximum atomic E-state index is 10.9. The fourth-order valence-electron chi connectivity index (χ4n) is 1.70. The molecule has 5 nitrogen and oxygen atoms in total. The summed E-state index contributed by atoms with van der Waals surface area (Å²) in [5, 5.41) is 19.9. The number of hydrogen-bond acceptors (Lipinski definition) is 4. The molecule has 0 aliphatic heterocycles. The lowest BCUT2D eigenvalue weighted by Crippen LogP contribution is -2.02. The standard InChI is InChI=1S/C14H11NO4S/c1-9-4-2-3-5-13(9)20-10-6-7-11(14(16)17)12(8-10)15(18)19/h2-8H,1H3,(H,16,17). The van der Waals surface area contributed by atoms with E-state index in [-0.39, 0.29) is 5.56 Å². The van der Waals surface area contributed by atoms with Crippen LogP contribution in [0, 0.1) is 17.0 Å². The molecule has 0 atom stereocenters. The Kier molecular flexibility index (Phi) is 4.05. The number of carboxylic acid groups (broad SMARTS) is 1. The van der Waals surface area contributed by atoms with Crippen LogP contribution in [0.5, 0.6) is 0 Å². The van der Waals surface area contributed by atoms with Gasteiger partial charge in [0.25, 0.3) is 5.69 Å². The highest BCUT2D eigenvalue weighted by atomic mass is 32.2. The number of aryl methyl sites for hydroxylation is 1. The lowest BCUT2D eigenvalue weighted by molar-refractivity contribution is -0.385. The summed E-state index contributed by atoms with van der Waals surface area (Å²) in [6, 6.07) is 11.8. The monoisotopic (exact) mass is 289 g/mol. The molecule has 0 heterocycles. The zero-order valence-electron chi connectivity index (χ0n) is 10.6. The third-order valence-electron chi connectivity index (χ3n) is 2.72. The van der Waals surface area contributed by atoms with Gasteiger partial charge in [-0.2, -0.15) is 0 Å². The highest BCUT2D eigenvalue weighted by Crippen LogP contribution is 2.33. The van der Waals surface area contributed by atoms with Crippen molar-refractivity contribution >= 4 is 23.4 Å². The summed E-state index contributed by atoms with van der Waals surface area (Å²) in [6.07, 6.45) is 0.